The number of nitrogens with zero attached hydrogens (tertiary/aromatic N) is 3. The molecule has 2 heterocycles. The van der Waals surface area contributed by atoms with Crippen LogP contribution in [-0.2, 0) is 5.41 Å². The number of piperidine rings is 1. The van der Waals surface area contributed by atoms with Crippen LogP contribution >= 0.6 is 11.6 Å². The van der Waals surface area contributed by atoms with Gasteiger partial charge in [-0.3, -0.25) is 0 Å². The molecule has 118 valence electrons. The summed E-state index contributed by atoms with van der Waals surface area (Å²) in [6.45, 7) is 14.0. The number of likely N-dealkylation sites (tertiary alicyclic amines) is 1. The molecular formula is C16H27ClN4. The van der Waals surface area contributed by atoms with Crippen LogP contribution in [0.5, 0.6) is 0 Å². The van der Waals surface area contributed by atoms with Gasteiger partial charge in [-0.05, 0) is 26.3 Å². The molecule has 0 unspecified atom stereocenters. The van der Waals surface area contributed by atoms with Crippen LogP contribution in [0.2, 0.25) is 5.15 Å². The predicted octanol–water partition coefficient (Wildman–Crippen LogP) is 3.63. The van der Waals surface area contributed by atoms with E-state index in [2.05, 4.69) is 42.9 Å². The van der Waals surface area contributed by atoms with Gasteiger partial charge < -0.3 is 10.2 Å². The first-order chi connectivity index (χ1) is 9.81. The maximum atomic E-state index is 6.29. The van der Waals surface area contributed by atoms with Gasteiger partial charge in [0.25, 0.3) is 0 Å². The Bertz CT molecular complexity index is 488. The standard InChI is InChI=1S/C16H27ClN4/c1-6-21-9-7-12(8-10-21)18-14-11(2)13(17)19-15(20-14)16(3,4)5/h12H,6-10H2,1-5H3,(H,18,19,20). The van der Waals surface area contributed by atoms with E-state index in [9.17, 15) is 0 Å². The Morgan fingerprint density at radius 2 is 1.86 bits per heavy atom. The molecule has 21 heavy (non-hydrogen) atoms. The molecule has 1 aliphatic heterocycles. The average molecular weight is 311 g/mol. The number of hydrogen-bond acceptors (Lipinski definition) is 4. The summed E-state index contributed by atoms with van der Waals surface area (Å²) in [6, 6.07) is 0.477. The summed E-state index contributed by atoms with van der Waals surface area (Å²) in [7, 11) is 0. The van der Waals surface area contributed by atoms with E-state index >= 15 is 0 Å². The van der Waals surface area contributed by atoms with Crippen molar-refractivity contribution >= 4 is 17.4 Å². The zero-order valence-corrected chi connectivity index (χ0v) is 14.6. The highest BCUT2D eigenvalue weighted by Gasteiger charge is 2.23. The summed E-state index contributed by atoms with van der Waals surface area (Å²) in [5.74, 6) is 1.70. The molecule has 0 radical (unpaired) electrons. The second-order valence-corrected chi connectivity index (χ2v) is 7.27. The fourth-order valence-electron chi connectivity index (χ4n) is 2.55. The Labute approximate surface area is 133 Å². The van der Waals surface area contributed by atoms with Crippen molar-refractivity contribution in [2.45, 2.75) is 58.9 Å². The SMILES string of the molecule is CCN1CCC(Nc2nc(C(C)(C)C)nc(Cl)c2C)CC1. The fourth-order valence-corrected chi connectivity index (χ4v) is 2.72. The van der Waals surface area contributed by atoms with Crippen LogP contribution in [0, 0.1) is 6.92 Å². The Kier molecular flexibility index (Phi) is 5.10. The van der Waals surface area contributed by atoms with Gasteiger partial charge >= 0.3 is 0 Å². The summed E-state index contributed by atoms with van der Waals surface area (Å²) in [5.41, 5.74) is 0.849. The molecule has 5 heteroatoms. The Morgan fingerprint density at radius 1 is 1.24 bits per heavy atom. The van der Waals surface area contributed by atoms with Gasteiger partial charge in [0.2, 0.25) is 0 Å². The van der Waals surface area contributed by atoms with E-state index in [1.54, 1.807) is 0 Å². The first-order valence-corrected chi connectivity index (χ1v) is 8.22. The van der Waals surface area contributed by atoms with Crippen molar-refractivity contribution in [1.29, 1.82) is 0 Å². The van der Waals surface area contributed by atoms with Crippen molar-refractivity contribution in [1.82, 2.24) is 14.9 Å². The number of anilines is 1. The third-order valence-corrected chi connectivity index (χ3v) is 4.50. The topological polar surface area (TPSA) is 41.0 Å². The van der Waals surface area contributed by atoms with Gasteiger partial charge in [-0.25, -0.2) is 9.97 Å². The third-order valence-electron chi connectivity index (χ3n) is 4.13. The molecule has 1 aromatic rings. The Balaban J connectivity index is 2.14. The van der Waals surface area contributed by atoms with E-state index in [0.29, 0.717) is 11.2 Å². The molecule has 0 saturated carbocycles. The van der Waals surface area contributed by atoms with Crippen molar-refractivity contribution < 1.29 is 0 Å². The van der Waals surface area contributed by atoms with Gasteiger partial charge in [-0.2, -0.15) is 0 Å². The van der Waals surface area contributed by atoms with Gasteiger partial charge in [-0.1, -0.05) is 39.3 Å². The molecular weight excluding hydrogens is 284 g/mol. The van der Waals surface area contributed by atoms with Crippen molar-refractivity contribution in [3.63, 3.8) is 0 Å². The van der Waals surface area contributed by atoms with Gasteiger partial charge in [-0.15, -0.1) is 0 Å². The first kappa shape index (κ1) is 16.5. The zero-order chi connectivity index (χ0) is 15.6. The molecule has 0 atom stereocenters. The Morgan fingerprint density at radius 3 is 2.38 bits per heavy atom. The van der Waals surface area contributed by atoms with Gasteiger partial charge in [0.05, 0.1) is 0 Å². The lowest BCUT2D eigenvalue weighted by Gasteiger charge is -2.32. The molecule has 0 spiro atoms. The maximum Gasteiger partial charge on any atom is 0.137 e. The van der Waals surface area contributed by atoms with Gasteiger partial charge in [0.15, 0.2) is 0 Å². The van der Waals surface area contributed by atoms with Crippen LogP contribution in [0.4, 0.5) is 5.82 Å². The van der Waals surface area contributed by atoms with E-state index < -0.39 is 0 Å². The number of halogens is 1. The van der Waals surface area contributed by atoms with Gasteiger partial charge in [0.1, 0.15) is 16.8 Å². The Hall–Kier alpha value is -0.870. The van der Waals surface area contributed by atoms with Gasteiger partial charge in [0, 0.05) is 30.1 Å². The minimum absolute atomic E-state index is 0.0979. The molecule has 0 bridgehead atoms. The van der Waals surface area contributed by atoms with E-state index in [4.69, 9.17) is 16.6 Å². The molecule has 4 nitrogen and oxygen atoms in total. The lowest BCUT2D eigenvalue weighted by Crippen LogP contribution is -2.39. The predicted molar refractivity (Wildman–Crippen MR) is 89.2 cm³/mol. The van der Waals surface area contributed by atoms with Crippen molar-refractivity contribution in [3.05, 3.63) is 16.5 Å². The summed E-state index contributed by atoms with van der Waals surface area (Å²) in [4.78, 5) is 11.6. The highest BCUT2D eigenvalue weighted by molar-refractivity contribution is 6.30. The average Bonchev–Trinajstić information content (AvgIpc) is 2.43. The smallest absolute Gasteiger partial charge is 0.137 e. The first-order valence-electron chi connectivity index (χ1n) is 7.84. The maximum absolute atomic E-state index is 6.29. The van der Waals surface area contributed by atoms with Crippen LogP contribution < -0.4 is 5.32 Å². The molecule has 2 rings (SSSR count). The highest BCUT2D eigenvalue weighted by Crippen LogP contribution is 2.27. The molecule has 0 aliphatic carbocycles. The van der Waals surface area contributed by atoms with Crippen molar-refractivity contribution in [3.8, 4) is 0 Å². The fraction of sp³-hybridized carbons (Fsp3) is 0.750. The van der Waals surface area contributed by atoms with Crippen LogP contribution in [-0.4, -0.2) is 40.5 Å². The van der Waals surface area contributed by atoms with Crippen LogP contribution in [0.1, 0.15) is 51.9 Å². The summed E-state index contributed by atoms with van der Waals surface area (Å²) in [5, 5.41) is 4.14. The van der Waals surface area contributed by atoms with Crippen molar-refractivity contribution in [2.24, 2.45) is 0 Å². The molecule has 0 amide bonds. The lowest BCUT2D eigenvalue weighted by atomic mass is 9.95. The summed E-state index contributed by atoms with van der Waals surface area (Å²) < 4.78 is 0. The van der Waals surface area contributed by atoms with E-state index in [1.165, 1.54) is 0 Å². The highest BCUT2D eigenvalue weighted by atomic mass is 35.5. The quantitative estimate of drug-likeness (QED) is 0.866. The third kappa shape index (κ3) is 4.07. The second kappa shape index (κ2) is 6.49. The van der Waals surface area contributed by atoms with Crippen LogP contribution in [0.15, 0.2) is 0 Å². The molecule has 1 N–H and O–H groups in total. The summed E-state index contributed by atoms with van der Waals surface area (Å²) in [6.07, 6.45) is 2.31. The van der Waals surface area contributed by atoms with E-state index in [-0.39, 0.29) is 5.41 Å². The lowest BCUT2D eigenvalue weighted by molar-refractivity contribution is 0.229. The number of nitrogens with one attached hydrogen (secondary N) is 1. The molecule has 1 fully saturated rings. The molecule has 0 aromatic carbocycles. The van der Waals surface area contributed by atoms with Crippen LogP contribution in [0.25, 0.3) is 0 Å². The zero-order valence-electron chi connectivity index (χ0n) is 13.8. The van der Waals surface area contributed by atoms with E-state index in [0.717, 1.165) is 49.7 Å². The number of rotatable bonds is 3. The monoisotopic (exact) mass is 310 g/mol. The normalized spacial score (nSPS) is 18.0. The van der Waals surface area contributed by atoms with Crippen LogP contribution in [0.3, 0.4) is 0 Å². The minimum Gasteiger partial charge on any atom is -0.367 e. The molecule has 1 saturated heterocycles. The number of hydrogen-bond donors (Lipinski definition) is 1. The second-order valence-electron chi connectivity index (χ2n) is 6.91. The van der Waals surface area contributed by atoms with Crippen molar-refractivity contribution in [2.75, 3.05) is 25.0 Å². The largest absolute Gasteiger partial charge is 0.367 e. The summed E-state index contributed by atoms with van der Waals surface area (Å²) >= 11 is 6.29. The molecule has 1 aliphatic rings. The molecule has 1 aromatic heterocycles. The number of aromatic nitrogens is 2. The minimum atomic E-state index is -0.0979. The van der Waals surface area contributed by atoms with E-state index in [1.807, 2.05) is 6.92 Å².